The van der Waals surface area contributed by atoms with E-state index in [0.717, 1.165) is 10.7 Å². The number of aromatic nitrogens is 1. The fraction of sp³-hybridized carbons (Fsp3) is 0.412. The molecule has 0 fully saturated rings. The zero-order chi connectivity index (χ0) is 19.4. The van der Waals surface area contributed by atoms with Crippen LogP contribution in [-0.2, 0) is 18.5 Å². The van der Waals surface area contributed by atoms with Crippen LogP contribution in [0.15, 0.2) is 34.6 Å². The minimum absolute atomic E-state index is 0.00451. The van der Waals surface area contributed by atoms with Crippen LogP contribution >= 0.6 is 11.3 Å². The summed E-state index contributed by atoms with van der Waals surface area (Å²) in [6.45, 7) is 7.01. The van der Waals surface area contributed by atoms with E-state index in [9.17, 15) is 13.2 Å². The number of rotatable bonds is 5. The fourth-order valence-corrected chi connectivity index (χ4v) is 2.85. The van der Waals surface area contributed by atoms with Crippen LogP contribution in [0.2, 0.25) is 0 Å². The molecular formula is C17H21F3N4OS. The van der Waals surface area contributed by atoms with Crippen molar-refractivity contribution in [2.45, 2.75) is 45.6 Å². The maximum absolute atomic E-state index is 12.1. The van der Waals surface area contributed by atoms with Crippen molar-refractivity contribution in [1.82, 2.24) is 10.3 Å². The van der Waals surface area contributed by atoms with Crippen LogP contribution in [0.4, 0.5) is 13.2 Å². The highest BCUT2D eigenvalue weighted by atomic mass is 32.1. The molecule has 26 heavy (non-hydrogen) atoms. The third-order valence-corrected chi connectivity index (χ3v) is 4.55. The number of ether oxygens (including phenoxy) is 1. The number of alkyl halides is 3. The van der Waals surface area contributed by atoms with Crippen molar-refractivity contribution >= 4 is 17.3 Å². The van der Waals surface area contributed by atoms with Gasteiger partial charge in [0.2, 0.25) is 0 Å². The molecule has 1 aromatic carbocycles. The van der Waals surface area contributed by atoms with Gasteiger partial charge in [-0.3, -0.25) is 0 Å². The Kier molecular flexibility index (Phi) is 6.12. The molecule has 9 heteroatoms. The lowest BCUT2D eigenvalue weighted by Gasteiger charge is -2.13. The summed E-state index contributed by atoms with van der Waals surface area (Å²) in [4.78, 5) is 8.72. The van der Waals surface area contributed by atoms with E-state index in [0.29, 0.717) is 12.1 Å². The van der Waals surface area contributed by atoms with Gasteiger partial charge in [-0.2, -0.15) is 0 Å². The molecule has 0 bridgehead atoms. The van der Waals surface area contributed by atoms with Gasteiger partial charge in [0.1, 0.15) is 5.75 Å². The third-order valence-electron chi connectivity index (χ3n) is 3.23. The van der Waals surface area contributed by atoms with E-state index in [1.54, 1.807) is 11.3 Å². The Balaban J connectivity index is 1.85. The molecule has 0 aliphatic carbocycles. The van der Waals surface area contributed by atoms with Crippen LogP contribution in [0.1, 0.15) is 37.0 Å². The normalized spacial score (nSPS) is 12.9. The number of hydrogen-bond donors (Lipinski definition) is 2. The molecule has 2 aromatic rings. The Morgan fingerprint density at radius 2 is 1.88 bits per heavy atom. The van der Waals surface area contributed by atoms with Gasteiger partial charge in [-0.1, -0.05) is 32.9 Å². The third kappa shape index (κ3) is 6.55. The molecule has 0 saturated carbocycles. The number of thiazole rings is 1. The first kappa shape index (κ1) is 20.0. The molecule has 0 unspecified atom stereocenters. The number of aliphatic imine (C=N–C) groups is 1. The minimum atomic E-state index is -4.70. The minimum Gasteiger partial charge on any atom is -0.406 e. The number of nitrogens with zero attached hydrogens (tertiary/aromatic N) is 2. The Bertz CT molecular complexity index is 749. The van der Waals surface area contributed by atoms with E-state index in [1.807, 2.05) is 5.38 Å². The van der Waals surface area contributed by atoms with Gasteiger partial charge in [0.05, 0.1) is 23.8 Å². The summed E-state index contributed by atoms with van der Waals surface area (Å²) in [5.41, 5.74) is 7.42. The highest BCUT2D eigenvalue weighted by Crippen LogP contribution is 2.25. The summed E-state index contributed by atoms with van der Waals surface area (Å²) in [7, 11) is 0. The SMILES string of the molecule is CC(C)(C)c1nc(CNC(N)=NCc2ccc(OC(F)(F)F)cc2)cs1. The lowest BCUT2D eigenvalue weighted by molar-refractivity contribution is -0.274. The molecule has 0 aliphatic heterocycles. The van der Waals surface area contributed by atoms with Gasteiger partial charge >= 0.3 is 6.36 Å². The van der Waals surface area contributed by atoms with Crippen molar-refractivity contribution in [3.05, 3.63) is 45.9 Å². The Labute approximate surface area is 154 Å². The summed E-state index contributed by atoms with van der Waals surface area (Å²) in [5.74, 6) is -0.0274. The molecule has 1 aromatic heterocycles. The second-order valence-corrected chi connectivity index (χ2v) is 7.50. The molecule has 142 valence electrons. The lowest BCUT2D eigenvalue weighted by atomic mass is 9.98. The Morgan fingerprint density at radius 3 is 2.42 bits per heavy atom. The van der Waals surface area contributed by atoms with Gasteiger partial charge in [0.15, 0.2) is 5.96 Å². The van der Waals surface area contributed by atoms with Crippen LogP contribution in [0.3, 0.4) is 0 Å². The average molecular weight is 386 g/mol. The van der Waals surface area contributed by atoms with Gasteiger partial charge in [-0.05, 0) is 17.7 Å². The first-order valence-electron chi connectivity index (χ1n) is 7.86. The highest BCUT2D eigenvalue weighted by Gasteiger charge is 2.30. The number of guanidine groups is 1. The number of benzene rings is 1. The zero-order valence-corrected chi connectivity index (χ0v) is 15.5. The first-order chi connectivity index (χ1) is 12.0. The van der Waals surface area contributed by atoms with E-state index in [2.05, 4.69) is 40.8 Å². The largest absolute Gasteiger partial charge is 0.573 e. The Morgan fingerprint density at radius 1 is 1.23 bits per heavy atom. The molecular weight excluding hydrogens is 365 g/mol. The van der Waals surface area contributed by atoms with Crippen molar-refractivity contribution in [3.8, 4) is 5.75 Å². The van der Waals surface area contributed by atoms with Crippen molar-refractivity contribution in [2.75, 3.05) is 0 Å². The smallest absolute Gasteiger partial charge is 0.406 e. The van der Waals surface area contributed by atoms with Gasteiger partial charge < -0.3 is 15.8 Å². The van der Waals surface area contributed by atoms with E-state index < -0.39 is 6.36 Å². The summed E-state index contributed by atoms with van der Waals surface area (Å²) < 4.78 is 40.2. The molecule has 0 saturated heterocycles. The van der Waals surface area contributed by atoms with Gasteiger partial charge in [0.25, 0.3) is 0 Å². The highest BCUT2D eigenvalue weighted by molar-refractivity contribution is 7.09. The standard InChI is InChI=1S/C17H21F3N4OS/c1-16(2,3)14-24-12(10-26-14)9-23-15(21)22-8-11-4-6-13(7-5-11)25-17(18,19)20/h4-7,10H,8-9H2,1-3H3,(H3,21,22,23). The second kappa shape index (κ2) is 7.94. The lowest BCUT2D eigenvalue weighted by Crippen LogP contribution is -2.31. The molecule has 3 N–H and O–H groups in total. The molecule has 5 nitrogen and oxygen atoms in total. The number of hydrogen-bond acceptors (Lipinski definition) is 4. The van der Waals surface area contributed by atoms with Crippen molar-refractivity contribution in [3.63, 3.8) is 0 Å². The topological polar surface area (TPSA) is 72.5 Å². The van der Waals surface area contributed by atoms with Crippen molar-refractivity contribution < 1.29 is 17.9 Å². The maximum atomic E-state index is 12.1. The predicted molar refractivity (Wildman–Crippen MR) is 96.1 cm³/mol. The number of nitrogens with two attached hydrogens (primary N) is 1. The Hall–Kier alpha value is -2.29. The van der Waals surface area contributed by atoms with E-state index in [4.69, 9.17) is 5.73 Å². The molecule has 0 spiro atoms. The molecule has 2 rings (SSSR count). The molecule has 0 radical (unpaired) electrons. The van der Waals surface area contributed by atoms with Gasteiger partial charge in [0, 0.05) is 10.8 Å². The molecule has 0 amide bonds. The molecule has 0 aliphatic rings. The van der Waals surface area contributed by atoms with Gasteiger partial charge in [-0.15, -0.1) is 24.5 Å². The second-order valence-electron chi connectivity index (χ2n) is 6.64. The van der Waals surface area contributed by atoms with E-state index in [1.165, 1.54) is 24.3 Å². The average Bonchev–Trinajstić information content (AvgIpc) is 3.00. The van der Waals surface area contributed by atoms with E-state index >= 15 is 0 Å². The quantitative estimate of drug-likeness (QED) is 0.603. The van der Waals surface area contributed by atoms with Crippen molar-refractivity contribution in [1.29, 1.82) is 0 Å². The summed E-state index contributed by atoms with van der Waals surface area (Å²) in [6.07, 6.45) is -4.70. The van der Waals surface area contributed by atoms with Gasteiger partial charge in [-0.25, -0.2) is 9.98 Å². The fourth-order valence-electron chi connectivity index (χ4n) is 1.94. The summed E-state index contributed by atoms with van der Waals surface area (Å²) >= 11 is 1.60. The zero-order valence-electron chi connectivity index (χ0n) is 14.7. The van der Waals surface area contributed by atoms with Crippen LogP contribution in [0, 0.1) is 0 Å². The van der Waals surface area contributed by atoms with Crippen LogP contribution in [0.5, 0.6) is 5.75 Å². The van der Waals surface area contributed by atoms with E-state index in [-0.39, 0.29) is 23.7 Å². The molecule has 0 atom stereocenters. The monoisotopic (exact) mass is 386 g/mol. The van der Waals surface area contributed by atoms with Crippen LogP contribution < -0.4 is 15.8 Å². The maximum Gasteiger partial charge on any atom is 0.573 e. The molecule has 1 heterocycles. The number of halogens is 3. The summed E-state index contributed by atoms with van der Waals surface area (Å²) in [5, 5.41) is 5.99. The van der Waals surface area contributed by atoms with Crippen LogP contribution in [0.25, 0.3) is 0 Å². The first-order valence-corrected chi connectivity index (χ1v) is 8.74. The van der Waals surface area contributed by atoms with Crippen LogP contribution in [-0.4, -0.2) is 17.3 Å². The predicted octanol–water partition coefficient (Wildman–Crippen LogP) is 3.94. The number of nitrogens with one attached hydrogen (secondary N) is 1. The van der Waals surface area contributed by atoms with Crippen molar-refractivity contribution in [2.24, 2.45) is 10.7 Å². The summed E-state index contributed by atoms with van der Waals surface area (Å²) in [6, 6.07) is 5.50.